The molecule has 0 saturated heterocycles. The maximum atomic E-state index is 12.3. The van der Waals surface area contributed by atoms with Gasteiger partial charge in [0, 0.05) is 29.9 Å². The number of nitrogens with one attached hydrogen (secondary N) is 3. The number of aromatic amines is 1. The fraction of sp³-hybridized carbons (Fsp3) is 0.250. The third-order valence-corrected chi connectivity index (χ3v) is 5.08. The van der Waals surface area contributed by atoms with E-state index in [9.17, 15) is 4.79 Å². The van der Waals surface area contributed by atoms with Gasteiger partial charge in [-0.3, -0.25) is 9.78 Å². The number of fused-ring (bicyclic) bond motifs is 2. The van der Waals surface area contributed by atoms with E-state index in [4.69, 9.17) is 0 Å². The van der Waals surface area contributed by atoms with Gasteiger partial charge in [0.2, 0.25) is 0 Å². The third-order valence-electron chi connectivity index (χ3n) is 3.85. The van der Waals surface area contributed by atoms with Gasteiger partial charge in [-0.25, -0.2) is 0 Å². The molecule has 6 heteroatoms. The van der Waals surface area contributed by atoms with Crippen LogP contribution in [0, 0.1) is 0 Å². The van der Waals surface area contributed by atoms with Crippen molar-refractivity contribution in [3.05, 3.63) is 51.5 Å². The molecule has 1 amide bonds. The van der Waals surface area contributed by atoms with E-state index in [0.717, 1.165) is 41.1 Å². The number of aromatic nitrogens is 2. The third kappa shape index (κ3) is 2.51. The number of pyridine rings is 1. The Labute approximate surface area is 131 Å². The van der Waals surface area contributed by atoms with E-state index >= 15 is 0 Å². The molecule has 22 heavy (non-hydrogen) atoms. The van der Waals surface area contributed by atoms with E-state index in [2.05, 4.69) is 20.6 Å². The minimum Gasteiger partial charge on any atom is -0.356 e. The molecule has 0 fully saturated rings. The maximum Gasteiger partial charge on any atom is 0.261 e. The van der Waals surface area contributed by atoms with E-state index in [-0.39, 0.29) is 5.91 Å². The van der Waals surface area contributed by atoms with E-state index in [1.807, 2.05) is 24.3 Å². The Balaban J connectivity index is 1.46. The molecule has 0 spiro atoms. The SMILES string of the molecule is O=C(NCc1cc2ncccc2[nH]1)c1cc2c(s1)CCNC2. The first kappa shape index (κ1) is 13.5. The molecule has 0 radical (unpaired) electrons. The topological polar surface area (TPSA) is 69.8 Å². The highest BCUT2D eigenvalue weighted by molar-refractivity contribution is 7.14. The smallest absolute Gasteiger partial charge is 0.261 e. The highest BCUT2D eigenvalue weighted by Crippen LogP contribution is 2.25. The maximum absolute atomic E-state index is 12.3. The van der Waals surface area contributed by atoms with Gasteiger partial charge in [0.1, 0.15) is 0 Å². The lowest BCUT2D eigenvalue weighted by Gasteiger charge is -2.10. The molecule has 3 aromatic rings. The van der Waals surface area contributed by atoms with Crippen LogP contribution in [0.4, 0.5) is 0 Å². The zero-order valence-electron chi connectivity index (χ0n) is 12.0. The van der Waals surface area contributed by atoms with Crippen LogP contribution in [0.3, 0.4) is 0 Å². The van der Waals surface area contributed by atoms with Crippen molar-refractivity contribution < 1.29 is 4.79 Å². The van der Waals surface area contributed by atoms with Crippen LogP contribution in [0.5, 0.6) is 0 Å². The normalized spacial score (nSPS) is 14.0. The van der Waals surface area contributed by atoms with Gasteiger partial charge in [-0.05, 0) is 36.2 Å². The van der Waals surface area contributed by atoms with Crippen LogP contribution in [0.15, 0.2) is 30.5 Å². The number of rotatable bonds is 3. The second-order valence-electron chi connectivity index (χ2n) is 5.40. The zero-order valence-corrected chi connectivity index (χ0v) is 12.8. The van der Waals surface area contributed by atoms with E-state index in [1.54, 1.807) is 17.5 Å². The average molecular weight is 312 g/mol. The summed E-state index contributed by atoms with van der Waals surface area (Å²) in [5.74, 6) is -0.00832. The molecule has 0 bridgehead atoms. The molecule has 3 aromatic heterocycles. The molecule has 4 rings (SSSR count). The van der Waals surface area contributed by atoms with Crippen molar-refractivity contribution in [2.45, 2.75) is 19.5 Å². The molecule has 1 aliphatic heterocycles. The largest absolute Gasteiger partial charge is 0.356 e. The van der Waals surface area contributed by atoms with Gasteiger partial charge in [-0.2, -0.15) is 0 Å². The zero-order chi connectivity index (χ0) is 14.9. The van der Waals surface area contributed by atoms with Crippen molar-refractivity contribution in [1.29, 1.82) is 0 Å². The van der Waals surface area contributed by atoms with Crippen molar-refractivity contribution >= 4 is 28.3 Å². The summed E-state index contributed by atoms with van der Waals surface area (Å²) in [5, 5.41) is 6.31. The summed E-state index contributed by atoms with van der Waals surface area (Å²) < 4.78 is 0. The second-order valence-corrected chi connectivity index (χ2v) is 6.54. The number of amides is 1. The summed E-state index contributed by atoms with van der Waals surface area (Å²) in [6, 6.07) is 7.85. The highest BCUT2D eigenvalue weighted by Gasteiger charge is 2.16. The summed E-state index contributed by atoms with van der Waals surface area (Å²) in [6.07, 6.45) is 2.78. The Bertz CT molecular complexity index is 779. The summed E-state index contributed by atoms with van der Waals surface area (Å²) in [4.78, 5) is 22.0. The van der Waals surface area contributed by atoms with Gasteiger partial charge >= 0.3 is 0 Å². The first-order valence-corrected chi connectivity index (χ1v) is 8.14. The molecule has 0 saturated carbocycles. The van der Waals surface area contributed by atoms with Gasteiger partial charge < -0.3 is 15.6 Å². The standard InChI is InChI=1S/C16H16N4OS/c21-16(15-6-10-8-17-5-3-14(10)22-15)19-9-11-7-13-12(20-11)2-1-4-18-13/h1-2,4,6-7,17,20H,3,5,8-9H2,(H,19,21). The number of thiophene rings is 1. The lowest BCUT2D eigenvalue weighted by molar-refractivity contribution is 0.0954. The summed E-state index contributed by atoms with van der Waals surface area (Å²) in [6.45, 7) is 2.35. The van der Waals surface area contributed by atoms with Crippen LogP contribution in [0.2, 0.25) is 0 Å². The van der Waals surface area contributed by atoms with Crippen molar-refractivity contribution in [2.75, 3.05) is 6.54 Å². The molecule has 0 atom stereocenters. The van der Waals surface area contributed by atoms with Crippen LogP contribution < -0.4 is 10.6 Å². The van der Waals surface area contributed by atoms with Crippen LogP contribution in [-0.2, 0) is 19.5 Å². The lowest BCUT2D eigenvalue weighted by atomic mass is 10.1. The first-order valence-electron chi connectivity index (χ1n) is 7.33. The molecule has 5 nitrogen and oxygen atoms in total. The van der Waals surface area contributed by atoms with E-state index < -0.39 is 0 Å². The number of H-pyrrole nitrogens is 1. The average Bonchev–Trinajstić information content (AvgIpc) is 3.15. The fourth-order valence-electron chi connectivity index (χ4n) is 2.73. The highest BCUT2D eigenvalue weighted by atomic mass is 32.1. The van der Waals surface area contributed by atoms with Crippen LogP contribution in [-0.4, -0.2) is 22.4 Å². The summed E-state index contributed by atoms with van der Waals surface area (Å²) in [5.41, 5.74) is 4.13. The molecule has 1 aliphatic rings. The van der Waals surface area contributed by atoms with E-state index in [1.165, 1.54) is 10.4 Å². The summed E-state index contributed by atoms with van der Waals surface area (Å²) in [7, 11) is 0. The number of hydrogen-bond donors (Lipinski definition) is 3. The monoisotopic (exact) mass is 312 g/mol. The Kier molecular flexibility index (Phi) is 3.40. The van der Waals surface area contributed by atoms with E-state index in [0.29, 0.717) is 6.54 Å². The number of carbonyl (C=O) groups is 1. The summed E-state index contributed by atoms with van der Waals surface area (Å²) >= 11 is 1.61. The number of nitrogens with zero attached hydrogens (tertiary/aromatic N) is 1. The Hall–Kier alpha value is -2.18. The molecular weight excluding hydrogens is 296 g/mol. The molecule has 4 heterocycles. The quantitative estimate of drug-likeness (QED) is 0.694. The Morgan fingerprint density at radius 3 is 3.23 bits per heavy atom. The lowest BCUT2D eigenvalue weighted by Crippen LogP contribution is -2.22. The number of hydrogen-bond acceptors (Lipinski definition) is 4. The van der Waals surface area contributed by atoms with Gasteiger partial charge in [0.05, 0.1) is 22.5 Å². The predicted octanol–water partition coefficient (Wildman–Crippen LogP) is 2.20. The van der Waals surface area contributed by atoms with Crippen molar-refractivity contribution in [3.8, 4) is 0 Å². The molecule has 0 aromatic carbocycles. The first-order chi connectivity index (χ1) is 10.8. The molecule has 112 valence electrons. The minimum atomic E-state index is -0.00832. The second kappa shape index (κ2) is 5.55. The van der Waals surface area contributed by atoms with Crippen molar-refractivity contribution in [1.82, 2.24) is 20.6 Å². The van der Waals surface area contributed by atoms with Crippen LogP contribution >= 0.6 is 11.3 Å². The Morgan fingerprint density at radius 1 is 1.41 bits per heavy atom. The van der Waals surface area contributed by atoms with Crippen LogP contribution in [0.1, 0.15) is 25.8 Å². The molecule has 3 N–H and O–H groups in total. The van der Waals surface area contributed by atoms with Gasteiger partial charge in [-0.15, -0.1) is 11.3 Å². The van der Waals surface area contributed by atoms with Gasteiger partial charge in [0.15, 0.2) is 0 Å². The Morgan fingerprint density at radius 2 is 2.36 bits per heavy atom. The molecular formula is C16H16N4OS. The van der Waals surface area contributed by atoms with Crippen molar-refractivity contribution in [2.24, 2.45) is 0 Å². The van der Waals surface area contributed by atoms with Gasteiger partial charge in [-0.1, -0.05) is 0 Å². The van der Waals surface area contributed by atoms with Crippen LogP contribution in [0.25, 0.3) is 11.0 Å². The fourth-order valence-corrected chi connectivity index (χ4v) is 3.83. The molecule has 0 unspecified atom stereocenters. The molecule has 0 aliphatic carbocycles. The number of carbonyl (C=O) groups excluding carboxylic acids is 1. The predicted molar refractivity (Wildman–Crippen MR) is 87.0 cm³/mol. The van der Waals surface area contributed by atoms with Gasteiger partial charge in [0.25, 0.3) is 5.91 Å². The van der Waals surface area contributed by atoms with Crippen molar-refractivity contribution in [3.63, 3.8) is 0 Å². The minimum absolute atomic E-state index is 0.00832.